The number of pyridine rings is 1. The zero-order valence-corrected chi connectivity index (χ0v) is 13.1. The smallest absolute Gasteiger partial charge is 0.283 e. The number of nitrogens with zero attached hydrogens (tertiary/aromatic N) is 2. The van der Waals surface area contributed by atoms with E-state index in [1.807, 2.05) is 0 Å². The van der Waals surface area contributed by atoms with Gasteiger partial charge in [-0.15, -0.1) is 4.73 Å². The molecule has 9 heteroatoms. The molecule has 3 rings (SSSR count). The summed E-state index contributed by atoms with van der Waals surface area (Å²) in [5, 5.41) is 28.7. The molecule has 24 heavy (non-hydrogen) atoms. The average Bonchev–Trinajstić information content (AvgIpc) is 3.04. The number of hydrogen-bond acceptors (Lipinski definition) is 7. The highest BCUT2D eigenvalue weighted by Crippen LogP contribution is 2.30. The van der Waals surface area contributed by atoms with Crippen molar-refractivity contribution in [1.82, 2.24) is 9.63 Å². The Morgan fingerprint density at radius 1 is 1.29 bits per heavy atom. The Labute approximate surface area is 137 Å². The van der Waals surface area contributed by atoms with Gasteiger partial charge in [-0.3, -0.25) is 9.59 Å². The lowest BCUT2D eigenvalue weighted by molar-refractivity contribution is -0.173. The highest BCUT2D eigenvalue weighted by Gasteiger charge is 2.44. The van der Waals surface area contributed by atoms with Crippen LogP contribution in [-0.2, 0) is 9.53 Å². The van der Waals surface area contributed by atoms with Crippen molar-refractivity contribution >= 4 is 5.91 Å². The maximum absolute atomic E-state index is 12.0. The predicted molar refractivity (Wildman–Crippen MR) is 79.8 cm³/mol. The van der Waals surface area contributed by atoms with Crippen LogP contribution in [0.2, 0.25) is 0 Å². The number of carbonyl (C=O) groups is 1. The van der Waals surface area contributed by atoms with E-state index in [2.05, 4.69) is 0 Å². The fraction of sp³-hybridized carbons (Fsp3) is 0.600. The van der Waals surface area contributed by atoms with Gasteiger partial charge in [-0.05, 0) is 18.1 Å². The van der Waals surface area contributed by atoms with Crippen LogP contribution >= 0.6 is 0 Å². The second-order valence-corrected chi connectivity index (χ2v) is 6.00. The quantitative estimate of drug-likeness (QED) is 0.580. The lowest BCUT2D eigenvalue weighted by Gasteiger charge is -2.22. The van der Waals surface area contributed by atoms with Crippen LogP contribution in [0.25, 0.3) is 0 Å². The fourth-order valence-electron chi connectivity index (χ4n) is 3.02. The van der Waals surface area contributed by atoms with Gasteiger partial charge in [0.05, 0.1) is 18.8 Å². The molecule has 1 aromatic heterocycles. The van der Waals surface area contributed by atoms with Gasteiger partial charge in [0.25, 0.3) is 11.8 Å². The van der Waals surface area contributed by atoms with Crippen LogP contribution < -0.4 is 10.4 Å². The molecule has 0 saturated carbocycles. The first kappa shape index (κ1) is 16.9. The first-order valence-corrected chi connectivity index (χ1v) is 7.70. The maximum atomic E-state index is 12.0. The van der Waals surface area contributed by atoms with Crippen molar-refractivity contribution in [2.75, 3.05) is 13.7 Å². The van der Waals surface area contributed by atoms with E-state index in [0.717, 1.165) is 10.3 Å². The van der Waals surface area contributed by atoms with Gasteiger partial charge in [-0.1, -0.05) is 0 Å². The second kappa shape index (κ2) is 6.52. The highest BCUT2D eigenvalue weighted by atomic mass is 16.8. The van der Waals surface area contributed by atoms with E-state index in [9.17, 15) is 19.8 Å². The summed E-state index contributed by atoms with van der Waals surface area (Å²) in [4.78, 5) is 30.6. The Morgan fingerprint density at radius 2 is 2.04 bits per heavy atom. The van der Waals surface area contributed by atoms with Crippen molar-refractivity contribution in [2.24, 2.45) is 0 Å². The normalized spacial score (nSPS) is 33.2. The summed E-state index contributed by atoms with van der Waals surface area (Å²) < 4.78 is 6.11. The van der Waals surface area contributed by atoms with Gasteiger partial charge in [0.15, 0.2) is 0 Å². The summed E-state index contributed by atoms with van der Waals surface area (Å²) in [6.45, 7) is -0.484. The first-order chi connectivity index (χ1) is 11.4. The van der Waals surface area contributed by atoms with Gasteiger partial charge in [0.2, 0.25) is 5.91 Å². The standard InChI is InChI=1S/C15H20N2O7/c1-16-9(3-5-11(16)19)8-2-4-12(20)17(6-8)24-15-14(22)13(21)10(7-18)23-15/h2,4,6,9-10,13-15,18,21-22H,3,5,7H2,1H3/t9?,10-,13-,14-,15-/m1/s1. The molecule has 1 aromatic rings. The summed E-state index contributed by atoms with van der Waals surface area (Å²) in [6.07, 6.45) is -2.45. The van der Waals surface area contributed by atoms with Crippen LogP contribution in [0.1, 0.15) is 24.4 Å². The third kappa shape index (κ3) is 2.91. The summed E-state index contributed by atoms with van der Waals surface area (Å²) in [6, 6.07) is 2.77. The lowest BCUT2D eigenvalue weighted by Crippen LogP contribution is -2.41. The van der Waals surface area contributed by atoms with E-state index < -0.39 is 36.8 Å². The molecule has 3 N–H and O–H groups in total. The van der Waals surface area contributed by atoms with Crippen molar-refractivity contribution in [3.05, 3.63) is 34.2 Å². The SMILES string of the molecule is CN1C(=O)CCC1c1ccc(=O)n(O[C@H]2O[C@H](CO)[C@@H](O)[C@H]2O)c1. The molecular weight excluding hydrogens is 320 g/mol. The molecule has 5 atom stereocenters. The number of rotatable bonds is 4. The number of aliphatic hydroxyl groups excluding tert-OH is 3. The molecule has 0 aliphatic carbocycles. The molecule has 0 aromatic carbocycles. The monoisotopic (exact) mass is 340 g/mol. The topological polar surface area (TPSA) is 121 Å². The number of carbonyl (C=O) groups excluding carboxylic acids is 1. The molecule has 0 radical (unpaired) electrons. The molecule has 2 aliphatic heterocycles. The highest BCUT2D eigenvalue weighted by molar-refractivity contribution is 5.78. The molecule has 3 heterocycles. The molecule has 132 valence electrons. The van der Waals surface area contributed by atoms with Crippen LogP contribution in [-0.4, -0.2) is 69.1 Å². The Balaban J connectivity index is 1.80. The summed E-state index contributed by atoms with van der Waals surface area (Å²) in [5.41, 5.74) is 0.234. The molecule has 2 fully saturated rings. The Kier molecular flexibility index (Phi) is 4.59. The number of aromatic nitrogens is 1. The van der Waals surface area contributed by atoms with Crippen molar-refractivity contribution in [1.29, 1.82) is 0 Å². The Morgan fingerprint density at radius 3 is 2.62 bits per heavy atom. The minimum Gasteiger partial charge on any atom is -0.394 e. The fourth-order valence-corrected chi connectivity index (χ4v) is 3.02. The molecule has 2 saturated heterocycles. The van der Waals surface area contributed by atoms with Gasteiger partial charge in [0, 0.05) is 19.5 Å². The Bertz CT molecular complexity index is 676. The zero-order valence-electron chi connectivity index (χ0n) is 13.1. The van der Waals surface area contributed by atoms with E-state index in [1.165, 1.54) is 12.3 Å². The first-order valence-electron chi connectivity index (χ1n) is 7.70. The third-order valence-electron chi connectivity index (χ3n) is 4.50. The maximum Gasteiger partial charge on any atom is 0.283 e. The summed E-state index contributed by atoms with van der Waals surface area (Å²) in [7, 11) is 1.70. The van der Waals surface area contributed by atoms with E-state index >= 15 is 0 Å². The summed E-state index contributed by atoms with van der Waals surface area (Å²) >= 11 is 0. The van der Waals surface area contributed by atoms with E-state index in [-0.39, 0.29) is 11.9 Å². The second-order valence-electron chi connectivity index (χ2n) is 6.00. The van der Waals surface area contributed by atoms with Gasteiger partial charge < -0.3 is 29.8 Å². The number of hydrogen-bond donors (Lipinski definition) is 3. The molecule has 0 bridgehead atoms. The third-order valence-corrected chi connectivity index (χ3v) is 4.50. The van der Waals surface area contributed by atoms with Crippen LogP contribution in [0.4, 0.5) is 0 Å². The number of ether oxygens (including phenoxy) is 1. The van der Waals surface area contributed by atoms with Gasteiger partial charge in [-0.25, -0.2) is 0 Å². The van der Waals surface area contributed by atoms with E-state index in [0.29, 0.717) is 12.8 Å². The van der Waals surface area contributed by atoms with Gasteiger partial charge in [0.1, 0.15) is 18.3 Å². The van der Waals surface area contributed by atoms with Crippen LogP contribution in [0, 0.1) is 0 Å². The number of amides is 1. The number of aliphatic hydroxyl groups is 3. The molecule has 0 spiro atoms. The summed E-state index contributed by atoms with van der Waals surface area (Å²) in [5.74, 6) is 0.0297. The lowest BCUT2D eigenvalue weighted by atomic mass is 10.1. The largest absolute Gasteiger partial charge is 0.394 e. The van der Waals surface area contributed by atoms with Crippen molar-refractivity contribution in [3.63, 3.8) is 0 Å². The minimum atomic E-state index is -1.39. The molecule has 9 nitrogen and oxygen atoms in total. The molecular formula is C15H20N2O7. The van der Waals surface area contributed by atoms with Crippen LogP contribution in [0.3, 0.4) is 0 Å². The van der Waals surface area contributed by atoms with Crippen LogP contribution in [0.5, 0.6) is 0 Å². The zero-order chi connectivity index (χ0) is 17.4. The molecule has 2 aliphatic rings. The van der Waals surface area contributed by atoms with Crippen molar-refractivity contribution < 1.29 is 29.7 Å². The molecule has 1 amide bonds. The minimum absolute atomic E-state index is 0.0297. The van der Waals surface area contributed by atoms with E-state index in [1.54, 1.807) is 18.0 Å². The van der Waals surface area contributed by atoms with Crippen LogP contribution in [0.15, 0.2) is 23.1 Å². The van der Waals surface area contributed by atoms with E-state index in [4.69, 9.17) is 14.7 Å². The van der Waals surface area contributed by atoms with Crippen molar-refractivity contribution in [2.45, 2.75) is 43.5 Å². The Hall–Kier alpha value is -1.94. The molecule has 1 unspecified atom stereocenters. The van der Waals surface area contributed by atoms with Gasteiger partial charge >= 0.3 is 0 Å². The average molecular weight is 340 g/mol. The van der Waals surface area contributed by atoms with Crippen molar-refractivity contribution in [3.8, 4) is 0 Å². The van der Waals surface area contributed by atoms with Gasteiger partial charge in [-0.2, -0.15) is 0 Å². The predicted octanol–water partition coefficient (Wildman–Crippen LogP) is -1.99. The number of likely N-dealkylation sites (tertiary alicyclic amines) is 1.